The van der Waals surface area contributed by atoms with E-state index in [1.807, 2.05) is 31.2 Å². The third-order valence-electron chi connectivity index (χ3n) is 3.56. The lowest BCUT2D eigenvalue weighted by atomic mass is 9.97. The lowest BCUT2D eigenvalue weighted by molar-refractivity contribution is -0.226. The highest BCUT2D eigenvalue weighted by atomic mass is 16.7. The monoisotopic (exact) mass is 264 g/mol. The van der Waals surface area contributed by atoms with E-state index < -0.39 is 6.29 Å². The predicted molar refractivity (Wildman–Crippen MR) is 71.0 cm³/mol. The fourth-order valence-electron chi connectivity index (χ4n) is 2.12. The molecular formula is C15H20O4. The van der Waals surface area contributed by atoms with E-state index in [2.05, 4.69) is 0 Å². The lowest BCUT2D eigenvalue weighted by Gasteiger charge is -2.33. The quantitative estimate of drug-likeness (QED) is 0.838. The number of carbonyl (C=O) groups excluding carboxylic acids is 1. The minimum absolute atomic E-state index is 0.0710. The SMILES string of the molecule is COc1ccc([C@H]2OCC[C@@H]([C@@H](C)C(C)=O)O2)cc1. The van der Waals surface area contributed by atoms with E-state index in [1.54, 1.807) is 14.0 Å². The molecule has 4 heteroatoms. The standard InChI is InChI=1S/C15H20O4/c1-10(11(2)16)14-8-9-18-15(19-14)12-4-6-13(17-3)7-5-12/h4-7,10,14-15H,8-9H2,1-3H3/t10-,14-,15-/m0/s1. The van der Waals surface area contributed by atoms with Gasteiger partial charge in [0.25, 0.3) is 0 Å². The van der Waals surface area contributed by atoms with Gasteiger partial charge in [0.15, 0.2) is 6.29 Å². The zero-order chi connectivity index (χ0) is 13.8. The molecule has 1 saturated heterocycles. The molecule has 1 aliphatic rings. The number of Topliss-reactive ketones (excluding diaryl/α,β-unsaturated/α-hetero) is 1. The second kappa shape index (κ2) is 6.17. The van der Waals surface area contributed by atoms with Crippen LogP contribution in [-0.4, -0.2) is 25.6 Å². The van der Waals surface area contributed by atoms with E-state index in [1.165, 1.54) is 0 Å². The largest absolute Gasteiger partial charge is 0.497 e. The first-order valence-electron chi connectivity index (χ1n) is 6.53. The van der Waals surface area contributed by atoms with Gasteiger partial charge in [-0.2, -0.15) is 0 Å². The number of rotatable bonds is 4. The summed E-state index contributed by atoms with van der Waals surface area (Å²) in [7, 11) is 1.63. The Morgan fingerprint density at radius 2 is 2.05 bits per heavy atom. The van der Waals surface area contributed by atoms with Crippen LogP contribution in [-0.2, 0) is 14.3 Å². The second-order valence-electron chi connectivity index (χ2n) is 4.84. The van der Waals surface area contributed by atoms with Crippen LogP contribution < -0.4 is 4.74 Å². The molecular weight excluding hydrogens is 244 g/mol. The molecule has 0 amide bonds. The molecule has 0 radical (unpaired) electrons. The van der Waals surface area contributed by atoms with Crippen molar-refractivity contribution in [2.45, 2.75) is 32.7 Å². The van der Waals surface area contributed by atoms with Gasteiger partial charge in [-0.15, -0.1) is 0 Å². The minimum atomic E-state index is -0.397. The molecule has 19 heavy (non-hydrogen) atoms. The first kappa shape index (κ1) is 14.0. The summed E-state index contributed by atoms with van der Waals surface area (Å²) in [4.78, 5) is 11.4. The molecule has 0 bridgehead atoms. The van der Waals surface area contributed by atoms with Crippen LogP contribution in [0.2, 0.25) is 0 Å². The van der Waals surface area contributed by atoms with Crippen LogP contribution >= 0.6 is 0 Å². The molecule has 4 nitrogen and oxygen atoms in total. The fraction of sp³-hybridized carbons (Fsp3) is 0.533. The second-order valence-corrected chi connectivity index (χ2v) is 4.84. The molecule has 1 aliphatic heterocycles. The highest BCUT2D eigenvalue weighted by Crippen LogP contribution is 2.30. The number of benzene rings is 1. The number of carbonyl (C=O) groups is 1. The van der Waals surface area contributed by atoms with Gasteiger partial charge >= 0.3 is 0 Å². The maximum absolute atomic E-state index is 11.4. The molecule has 0 N–H and O–H groups in total. The van der Waals surface area contributed by atoms with Gasteiger partial charge in [-0.3, -0.25) is 4.79 Å². The molecule has 0 spiro atoms. The third-order valence-corrected chi connectivity index (χ3v) is 3.56. The zero-order valence-electron chi connectivity index (χ0n) is 11.6. The summed E-state index contributed by atoms with van der Waals surface area (Å²) in [6, 6.07) is 7.59. The Balaban J connectivity index is 2.05. The van der Waals surface area contributed by atoms with Crippen LogP contribution in [0.5, 0.6) is 5.75 Å². The topological polar surface area (TPSA) is 44.8 Å². The van der Waals surface area contributed by atoms with Crippen molar-refractivity contribution < 1.29 is 19.0 Å². The van der Waals surface area contributed by atoms with Crippen molar-refractivity contribution in [2.24, 2.45) is 5.92 Å². The van der Waals surface area contributed by atoms with Crippen LogP contribution in [0.4, 0.5) is 0 Å². The van der Waals surface area contributed by atoms with E-state index >= 15 is 0 Å². The maximum Gasteiger partial charge on any atom is 0.184 e. The van der Waals surface area contributed by atoms with Crippen molar-refractivity contribution in [3.8, 4) is 5.75 Å². The smallest absolute Gasteiger partial charge is 0.184 e. The highest BCUT2D eigenvalue weighted by Gasteiger charge is 2.30. The van der Waals surface area contributed by atoms with Crippen molar-refractivity contribution in [1.29, 1.82) is 0 Å². The van der Waals surface area contributed by atoms with E-state index in [9.17, 15) is 4.79 Å². The Hall–Kier alpha value is -1.39. The number of hydrogen-bond acceptors (Lipinski definition) is 4. The fourth-order valence-corrected chi connectivity index (χ4v) is 2.12. The lowest BCUT2D eigenvalue weighted by Crippen LogP contribution is -2.34. The molecule has 0 aromatic heterocycles. The summed E-state index contributed by atoms with van der Waals surface area (Å²) in [5.41, 5.74) is 0.946. The normalized spacial score (nSPS) is 24.8. The van der Waals surface area contributed by atoms with Crippen LogP contribution in [0.25, 0.3) is 0 Å². The number of hydrogen-bond donors (Lipinski definition) is 0. The molecule has 1 aromatic carbocycles. The van der Waals surface area contributed by atoms with Gasteiger partial charge < -0.3 is 14.2 Å². The Kier molecular flexibility index (Phi) is 4.56. The first-order valence-corrected chi connectivity index (χ1v) is 6.53. The molecule has 0 saturated carbocycles. The van der Waals surface area contributed by atoms with Crippen LogP contribution in [0.15, 0.2) is 24.3 Å². The van der Waals surface area contributed by atoms with Crippen molar-refractivity contribution in [2.75, 3.05) is 13.7 Å². The molecule has 1 fully saturated rings. The van der Waals surface area contributed by atoms with Gasteiger partial charge in [0.05, 0.1) is 19.8 Å². The van der Waals surface area contributed by atoms with Gasteiger partial charge in [-0.1, -0.05) is 19.1 Å². The van der Waals surface area contributed by atoms with Crippen molar-refractivity contribution in [3.63, 3.8) is 0 Å². The molecule has 104 valence electrons. The Morgan fingerprint density at radius 1 is 1.37 bits per heavy atom. The maximum atomic E-state index is 11.4. The number of ketones is 1. The summed E-state index contributed by atoms with van der Waals surface area (Å²) in [5.74, 6) is 0.859. The van der Waals surface area contributed by atoms with Crippen molar-refractivity contribution in [3.05, 3.63) is 29.8 Å². The molecule has 3 atom stereocenters. The predicted octanol–water partition coefficient (Wildman–Crippen LogP) is 2.72. The Morgan fingerprint density at radius 3 is 2.63 bits per heavy atom. The van der Waals surface area contributed by atoms with Crippen LogP contribution in [0.1, 0.15) is 32.1 Å². The van der Waals surface area contributed by atoms with E-state index in [-0.39, 0.29) is 17.8 Å². The number of methoxy groups -OCH3 is 1. The molecule has 1 aromatic rings. The summed E-state index contributed by atoms with van der Waals surface area (Å²) >= 11 is 0. The van der Waals surface area contributed by atoms with Gasteiger partial charge in [0.2, 0.25) is 0 Å². The average molecular weight is 264 g/mol. The van der Waals surface area contributed by atoms with Crippen molar-refractivity contribution in [1.82, 2.24) is 0 Å². The van der Waals surface area contributed by atoms with Crippen LogP contribution in [0, 0.1) is 5.92 Å². The molecule has 0 unspecified atom stereocenters. The summed E-state index contributed by atoms with van der Waals surface area (Å²) in [6.45, 7) is 4.12. The molecule has 1 heterocycles. The Labute approximate surface area is 113 Å². The van der Waals surface area contributed by atoms with Gasteiger partial charge in [0.1, 0.15) is 11.5 Å². The van der Waals surface area contributed by atoms with Gasteiger partial charge in [-0.25, -0.2) is 0 Å². The highest BCUT2D eigenvalue weighted by molar-refractivity contribution is 5.78. The average Bonchev–Trinajstić information content (AvgIpc) is 2.46. The summed E-state index contributed by atoms with van der Waals surface area (Å²) in [5, 5.41) is 0. The summed E-state index contributed by atoms with van der Waals surface area (Å²) < 4.78 is 16.6. The van der Waals surface area contributed by atoms with E-state index in [0.717, 1.165) is 17.7 Å². The Bertz CT molecular complexity index is 426. The first-order chi connectivity index (χ1) is 9.11. The van der Waals surface area contributed by atoms with E-state index in [0.29, 0.717) is 6.61 Å². The third kappa shape index (κ3) is 3.33. The minimum Gasteiger partial charge on any atom is -0.497 e. The van der Waals surface area contributed by atoms with Crippen LogP contribution in [0.3, 0.4) is 0 Å². The molecule has 0 aliphatic carbocycles. The zero-order valence-corrected chi connectivity index (χ0v) is 11.6. The van der Waals surface area contributed by atoms with Gasteiger partial charge in [-0.05, 0) is 25.5 Å². The van der Waals surface area contributed by atoms with Gasteiger partial charge in [0, 0.05) is 11.5 Å². The van der Waals surface area contributed by atoms with Crippen molar-refractivity contribution >= 4 is 5.78 Å². The van der Waals surface area contributed by atoms with E-state index in [4.69, 9.17) is 14.2 Å². The molecule has 2 rings (SSSR count). The number of ether oxygens (including phenoxy) is 3. The summed E-state index contributed by atoms with van der Waals surface area (Å²) in [6.07, 6.45) is 0.290.